The van der Waals surface area contributed by atoms with Crippen LogP contribution in [0.25, 0.3) is 0 Å². The fourth-order valence-electron chi connectivity index (χ4n) is 1.59. The summed E-state index contributed by atoms with van der Waals surface area (Å²) in [6, 6.07) is 3.94. The highest BCUT2D eigenvalue weighted by atomic mass is 32.2. The van der Waals surface area contributed by atoms with Crippen molar-refractivity contribution in [3.63, 3.8) is 0 Å². The molecule has 0 aliphatic rings. The molecule has 0 aromatic heterocycles. The third kappa shape index (κ3) is 5.35. The van der Waals surface area contributed by atoms with E-state index in [-0.39, 0.29) is 24.5 Å². The van der Waals surface area contributed by atoms with E-state index in [1.54, 1.807) is 6.07 Å². The van der Waals surface area contributed by atoms with Crippen LogP contribution >= 0.6 is 0 Å². The van der Waals surface area contributed by atoms with Gasteiger partial charge in [0.05, 0.1) is 25.0 Å². The van der Waals surface area contributed by atoms with Crippen LogP contribution < -0.4 is 5.73 Å². The van der Waals surface area contributed by atoms with Crippen LogP contribution in [0.4, 0.5) is 4.39 Å². The first-order valence-corrected chi connectivity index (χ1v) is 7.44. The zero-order chi connectivity index (χ0) is 14.5. The second kappa shape index (κ2) is 6.63. The van der Waals surface area contributed by atoms with E-state index in [9.17, 15) is 17.6 Å². The lowest BCUT2D eigenvalue weighted by atomic mass is 10.1. The number of halogens is 1. The van der Waals surface area contributed by atoms with Gasteiger partial charge in [0, 0.05) is 6.54 Å². The van der Waals surface area contributed by atoms with E-state index in [2.05, 4.69) is 4.74 Å². The molecule has 1 aromatic rings. The van der Waals surface area contributed by atoms with Gasteiger partial charge in [-0.3, -0.25) is 4.79 Å². The minimum Gasteiger partial charge on any atom is -0.469 e. The first-order valence-electron chi connectivity index (χ1n) is 5.62. The van der Waals surface area contributed by atoms with Crippen LogP contribution in [0.3, 0.4) is 0 Å². The summed E-state index contributed by atoms with van der Waals surface area (Å²) in [5.74, 6) is -1.77. The number of hydrogen-bond donors (Lipinski definition) is 1. The van der Waals surface area contributed by atoms with Crippen molar-refractivity contribution in [2.45, 2.75) is 18.7 Å². The number of ether oxygens (including phenoxy) is 1. The van der Waals surface area contributed by atoms with Crippen molar-refractivity contribution >= 4 is 15.8 Å². The maximum Gasteiger partial charge on any atom is 0.306 e. The number of esters is 1. The van der Waals surface area contributed by atoms with E-state index in [0.717, 1.165) is 6.07 Å². The summed E-state index contributed by atoms with van der Waals surface area (Å²) in [6.07, 6.45) is -0.210. The molecule has 5 nitrogen and oxygen atoms in total. The second-order valence-corrected chi connectivity index (χ2v) is 6.27. The first-order chi connectivity index (χ1) is 8.86. The lowest BCUT2D eigenvalue weighted by molar-refractivity contribution is -0.140. The Labute approximate surface area is 111 Å². The maximum absolute atomic E-state index is 13.2. The van der Waals surface area contributed by atoms with Crippen LogP contribution in [-0.2, 0) is 31.7 Å². The Bertz CT molecular complexity index is 557. The Morgan fingerprint density at radius 2 is 1.95 bits per heavy atom. The quantitative estimate of drug-likeness (QED) is 0.781. The summed E-state index contributed by atoms with van der Waals surface area (Å²) >= 11 is 0. The predicted octanol–water partition coefficient (Wildman–Crippen LogP) is 0.762. The first kappa shape index (κ1) is 15.6. The van der Waals surface area contributed by atoms with Crippen molar-refractivity contribution < 1.29 is 22.3 Å². The van der Waals surface area contributed by atoms with Crippen LogP contribution in [-0.4, -0.2) is 27.2 Å². The number of sulfone groups is 1. The molecule has 1 aromatic carbocycles. The molecule has 0 unspecified atom stereocenters. The van der Waals surface area contributed by atoms with Crippen LogP contribution in [0, 0.1) is 5.82 Å². The minimum atomic E-state index is -3.49. The van der Waals surface area contributed by atoms with Crippen molar-refractivity contribution in [3.8, 4) is 0 Å². The van der Waals surface area contributed by atoms with Gasteiger partial charge in [0.2, 0.25) is 0 Å². The minimum absolute atomic E-state index is 0.132. The summed E-state index contributed by atoms with van der Waals surface area (Å²) in [5, 5.41) is 0. The Hall–Kier alpha value is -1.47. The number of rotatable bonds is 6. The summed E-state index contributed by atoms with van der Waals surface area (Å²) in [6.45, 7) is 0.132. The molecule has 7 heteroatoms. The van der Waals surface area contributed by atoms with Crippen molar-refractivity contribution in [1.29, 1.82) is 0 Å². The van der Waals surface area contributed by atoms with E-state index in [4.69, 9.17) is 5.73 Å². The summed E-state index contributed by atoms with van der Waals surface area (Å²) in [4.78, 5) is 10.9. The molecule has 0 spiro atoms. The van der Waals surface area contributed by atoms with Crippen LogP contribution in [0.2, 0.25) is 0 Å². The van der Waals surface area contributed by atoms with Gasteiger partial charge in [-0.15, -0.1) is 0 Å². The van der Waals surface area contributed by atoms with E-state index < -0.39 is 21.6 Å². The van der Waals surface area contributed by atoms with Gasteiger partial charge in [-0.25, -0.2) is 12.8 Å². The molecule has 19 heavy (non-hydrogen) atoms. The molecular formula is C12H16FNO4S. The third-order valence-electron chi connectivity index (χ3n) is 2.48. The molecule has 106 valence electrons. The SMILES string of the molecule is COC(=O)CCS(=O)(=O)Cc1cc(F)cc(CN)c1. The van der Waals surface area contributed by atoms with Gasteiger partial charge in [-0.05, 0) is 23.3 Å². The Kier molecular flexibility index (Phi) is 5.44. The molecule has 0 saturated carbocycles. The highest BCUT2D eigenvalue weighted by Crippen LogP contribution is 2.13. The zero-order valence-electron chi connectivity index (χ0n) is 10.6. The van der Waals surface area contributed by atoms with E-state index in [1.807, 2.05) is 0 Å². The predicted molar refractivity (Wildman–Crippen MR) is 68.4 cm³/mol. The highest BCUT2D eigenvalue weighted by Gasteiger charge is 2.15. The molecule has 2 N–H and O–H groups in total. The zero-order valence-corrected chi connectivity index (χ0v) is 11.4. The van der Waals surface area contributed by atoms with E-state index in [0.29, 0.717) is 11.1 Å². The lowest BCUT2D eigenvalue weighted by Crippen LogP contribution is -2.14. The standard InChI is InChI=1S/C12H16FNO4S/c1-18-12(15)2-3-19(16,17)8-10-4-9(7-14)5-11(13)6-10/h4-6H,2-3,7-8,14H2,1H3. The average molecular weight is 289 g/mol. The number of hydrogen-bond acceptors (Lipinski definition) is 5. The monoisotopic (exact) mass is 289 g/mol. The molecule has 0 radical (unpaired) electrons. The van der Waals surface area contributed by atoms with Crippen LogP contribution in [0.1, 0.15) is 17.5 Å². The molecule has 0 heterocycles. The van der Waals surface area contributed by atoms with Crippen molar-refractivity contribution in [3.05, 3.63) is 35.1 Å². The van der Waals surface area contributed by atoms with Crippen molar-refractivity contribution in [2.75, 3.05) is 12.9 Å². The summed E-state index contributed by atoms with van der Waals surface area (Å²) in [7, 11) is -2.30. The molecule has 0 atom stereocenters. The Morgan fingerprint density at radius 3 is 2.53 bits per heavy atom. The van der Waals surface area contributed by atoms with Crippen molar-refractivity contribution in [2.24, 2.45) is 5.73 Å². The van der Waals surface area contributed by atoms with Crippen LogP contribution in [0.15, 0.2) is 18.2 Å². The summed E-state index contributed by atoms with van der Waals surface area (Å²) in [5.41, 5.74) is 6.24. The number of nitrogens with two attached hydrogens (primary N) is 1. The fraction of sp³-hybridized carbons (Fsp3) is 0.417. The van der Waals surface area contributed by atoms with Gasteiger partial charge in [-0.2, -0.15) is 0 Å². The molecule has 0 amide bonds. The molecule has 1 rings (SSSR count). The van der Waals surface area contributed by atoms with Gasteiger partial charge in [0.25, 0.3) is 0 Å². The Morgan fingerprint density at radius 1 is 1.32 bits per heavy atom. The topological polar surface area (TPSA) is 86.5 Å². The molecule has 0 aliphatic carbocycles. The molecule has 0 saturated heterocycles. The van der Waals surface area contributed by atoms with Gasteiger partial charge < -0.3 is 10.5 Å². The third-order valence-corrected chi connectivity index (χ3v) is 4.08. The number of carbonyl (C=O) groups is 1. The lowest BCUT2D eigenvalue weighted by Gasteiger charge is -2.06. The maximum atomic E-state index is 13.2. The van der Waals surface area contributed by atoms with Gasteiger partial charge in [-0.1, -0.05) is 6.07 Å². The van der Waals surface area contributed by atoms with Gasteiger partial charge in [0.15, 0.2) is 9.84 Å². The number of benzene rings is 1. The fourth-order valence-corrected chi connectivity index (χ4v) is 2.88. The number of carbonyl (C=O) groups excluding carboxylic acids is 1. The second-order valence-electron chi connectivity index (χ2n) is 4.09. The van der Waals surface area contributed by atoms with Gasteiger partial charge in [0.1, 0.15) is 5.82 Å². The van der Waals surface area contributed by atoms with Crippen LogP contribution in [0.5, 0.6) is 0 Å². The normalized spacial score (nSPS) is 11.3. The molecular weight excluding hydrogens is 273 g/mol. The average Bonchev–Trinajstić information content (AvgIpc) is 2.34. The number of methoxy groups -OCH3 is 1. The largest absolute Gasteiger partial charge is 0.469 e. The highest BCUT2D eigenvalue weighted by molar-refractivity contribution is 7.90. The summed E-state index contributed by atoms with van der Waals surface area (Å²) < 4.78 is 41.1. The molecule has 0 bridgehead atoms. The van der Waals surface area contributed by atoms with Gasteiger partial charge >= 0.3 is 5.97 Å². The Balaban J connectivity index is 2.77. The molecule has 0 aliphatic heterocycles. The van der Waals surface area contributed by atoms with Crippen molar-refractivity contribution in [1.82, 2.24) is 0 Å². The molecule has 0 fully saturated rings. The van der Waals surface area contributed by atoms with E-state index in [1.165, 1.54) is 13.2 Å². The van der Waals surface area contributed by atoms with E-state index >= 15 is 0 Å². The smallest absolute Gasteiger partial charge is 0.306 e.